The molecule has 2 amide bonds. The van der Waals surface area contributed by atoms with E-state index in [1.165, 1.54) is 11.8 Å². The summed E-state index contributed by atoms with van der Waals surface area (Å²) in [4.78, 5) is 25.6. The Kier molecular flexibility index (Phi) is 4.08. The van der Waals surface area contributed by atoms with Crippen LogP contribution >= 0.6 is 0 Å². The number of carbonyl (C=O) groups is 2. The minimum absolute atomic E-state index is 0.0912. The van der Waals surface area contributed by atoms with Crippen LogP contribution < -0.4 is 0 Å². The van der Waals surface area contributed by atoms with Crippen molar-refractivity contribution in [1.82, 2.24) is 9.80 Å². The Bertz CT molecular complexity index is 255. The lowest BCUT2D eigenvalue weighted by molar-refractivity contribution is -0.140. The number of hydrogen-bond donors (Lipinski definition) is 1. The number of hydrogen-bond acceptors (Lipinski definition) is 3. The van der Waals surface area contributed by atoms with E-state index in [1.54, 1.807) is 11.9 Å². The summed E-state index contributed by atoms with van der Waals surface area (Å²) in [6, 6.07) is 0. The zero-order chi connectivity index (χ0) is 11.4. The first-order chi connectivity index (χ1) is 7.00. The average molecular weight is 214 g/mol. The van der Waals surface area contributed by atoms with E-state index >= 15 is 0 Å². The Morgan fingerprint density at radius 3 is 2.73 bits per heavy atom. The van der Waals surface area contributed by atoms with Crippen LogP contribution in [0.5, 0.6) is 0 Å². The van der Waals surface area contributed by atoms with E-state index in [0.29, 0.717) is 13.1 Å². The van der Waals surface area contributed by atoms with Crippen molar-refractivity contribution in [2.24, 2.45) is 0 Å². The van der Waals surface area contributed by atoms with Crippen LogP contribution in [0.4, 0.5) is 0 Å². The highest BCUT2D eigenvalue weighted by Crippen LogP contribution is 2.09. The van der Waals surface area contributed by atoms with Crippen molar-refractivity contribution in [3.8, 4) is 0 Å². The van der Waals surface area contributed by atoms with Gasteiger partial charge in [-0.05, 0) is 12.8 Å². The molecule has 1 heterocycles. The second kappa shape index (κ2) is 5.11. The maximum atomic E-state index is 11.7. The molecule has 86 valence electrons. The lowest BCUT2D eigenvalue weighted by Crippen LogP contribution is -2.46. The Labute approximate surface area is 89.7 Å². The number of amides is 2. The van der Waals surface area contributed by atoms with Gasteiger partial charge in [-0.25, -0.2) is 0 Å². The molecule has 0 saturated carbocycles. The number of rotatable bonds is 2. The van der Waals surface area contributed by atoms with Crippen molar-refractivity contribution in [3.05, 3.63) is 0 Å². The molecule has 0 bridgehead atoms. The topological polar surface area (TPSA) is 60.9 Å². The first-order valence-electron chi connectivity index (χ1n) is 5.18. The first-order valence-corrected chi connectivity index (χ1v) is 5.18. The van der Waals surface area contributed by atoms with Gasteiger partial charge in [0.2, 0.25) is 11.8 Å². The Morgan fingerprint density at radius 1 is 1.53 bits per heavy atom. The fraction of sp³-hybridized carbons (Fsp3) is 0.800. The van der Waals surface area contributed by atoms with Gasteiger partial charge in [0, 0.05) is 27.1 Å². The number of aliphatic hydroxyl groups is 1. The number of likely N-dealkylation sites (tertiary alicyclic amines) is 1. The molecular weight excluding hydrogens is 196 g/mol. The lowest BCUT2D eigenvalue weighted by Gasteiger charge is -2.31. The molecule has 15 heavy (non-hydrogen) atoms. The molecule has 5 heteroatoms. The third-order valence-electron chi connectivity index (χ3n) is 2.66. The van der Waals surface area contributed by atoms with E-state index in [-0.39, 0.29) is 18.4 Å². The molecule has 1 N–H and O–H groups in total. The summed E-state index contributed by atoms with van der Waals surface area (Å²) in [6.45, 7) is 2.60. The van der Waals surface area contributed by atoms with E-state index in [2.05, 4.69) is 0 Å². The fourth-order valence-electron chi connectivity index (χ4n) is 1.60. The molecule has 0 unspecified atom stereocenters. The molecule has 0 aromatic rings. The predicted molar refractivity (Wildman–Crippen MR) is 55.1 cm³/mol. The predicted octanol–water partition coefficient (Wildman–Crippen LogP) is -0.552. The van der Waals surface area contributed by atoms with Gasteiger partial charge in [-0.1, -0.05) is 0 Å². The summed E-state index contributed by atoms with van der Waals surface area (Å²) in [6.07, 6.45) is 1.17. The Morgan fingerprint density at radius 2 is 2.20 bits per heavy atom. The second-order valence-electron chi connectivity index (χ2n) is 4.01. The largest absolute Gasteiger partial charge is 0.391 e. The van der Waals surface area contributed by atoms with E-state index in [1.807, 2.05) is 0 Å². The number of likely N-dealkylation sites (N-methyl/N-ethyl adjacent to an activating group) is 1. The minimum atomic E-state index is -0.412. The van der Waals surface area contributed by atoms with E-state index in [0.717, 1.165) is 12.8 Å². The standard InChI is InChI=1S/C10H18N2O3/c1-8(13)11(2)7-10(15)12-5-3-4-9(14)6-12/h9,14H,3-7H2,1-2H3/t9-/m0/s1. The average Bonchev–Trinajstić information content (AvgIpc) is 2.17. The summed E-state index contributed by atoms with van der Waals surface area (Å²) < 4.78 is 0. The monoisotopic (exact) mass is 214 g/mol. The van der Waals surface area contributed by atoms with Gasteiger partial charge >= 0.3 is 0 Å². The van der Waals surface area contributed by atoms with Crippen molar-refractivity contribution in [1.29, 1.82) is 0 Å². The minimum Gasteiger partial charge on any atom is -0.391 e. The van der Waals surface area contributed by atoms with Gasteiger partial charge < -0.3 is 14.9 Å². The second-order valence-corrected chi connectivity index (χ2v) is 4.01. The molecule has 5 nitrogen and oxygen atoms in total. The van der Waals surface area contributed by atoms with Gasteiger partial charge in [0.15, 0.2) is 0 Å². The van der Waals surface area contributed by atoms with Crippen molar-refractivity contribution in [2.45, 2.75) is 25.9 Å². The molecule has 1 atom stereocenters. The van der Waals surface area contributed by atoms with E-state index in [4.69, 9.17) is 0 Å². The van der Waals surface area contributed by atoms with Crippen LogP contribution in [0.25, 0.3) is 0 Å². The third-order valence-corrected chi connectivity index (χ3v) is 2.66. The zero-order valence-corrected chi connectivity index (χ0v) is 9.27. The molecule has 1 fully saturated rings. The highest BCUT2D eigenvalue weighted by molar-refractivity contribution is 5.83. The third kappa shape index (κ3) is 3.51. The number of β-amino-alcohol motifs (C(OH)–C–C–N with tert-alkyl or cyclic N) is 1. The fourth-order valence-corrected chi connectivity index (χ4v) is 1.60. The van der Waals surface area contributed by atoms with Crippen molar-refractivity contribution < 1.29 is 14.7 Å². The smallest absolute Gasteiger partial charge is 0.242 e. The highest BCUT2D eigenvalue weighted by Gasteiger charge is 2.22. The molecule has 0 aliphatic carbocycles. The van der Waals surface area contributed by atoms with Crippen LogP contribution in [0.1, 0.15) is 19.8 Å². The lowest BCUT2D eigenvalue weighted by atomic mass is 10.1. The molecule has 0 aromatic carbocycles. The van der Waals surface area contributed by atoms with Gasteiger partial charge in [0.05, 0.1) is 12.6 Å². The molecule has 1 rings (SSSR count). The Hall–Kier alpha value is -1.10. The zero-order valence-electron chi connectivity index (χ0n) is 9.27. The molecule has 1 aliphatic heterocycles. The number of piperidine rings is 1. The summed E-state index contributed by atoms with van der Waals surface area (Å²) in [5.74, 6) is -0.215. The quantitative estimate of drug-likeness (QED) is 0.671. The SMILES string of the molecule is CC(=O)N(C)CC(=O)N1CCC[C@H](O)C1. The summed E-state index contributed by atoms with van der Waals surface area (Å²) in [7, 11) is 1.60. The molecular formula is C10H18N2O3. The van der Waals surface area contributed by atoms with Gasteiger partial charge in [-0.2, -0.15) is 0 Å². The van der Waals surface area contributed by atoms with Gasteiger partial charge in [0.25, 0.3) is 0 Å². The first kappa shape index (κ1) is 12.0. The van der Waals surface area contributed by atoms with Gasteiger partial charge in [-0.15, -0.1) is 0 Å². The van der Waals surface area contributed by atoms with Gasteiger partial charge in [-0.3, -0.25) is 9.59 Å². The maximum Gasteiger partial charge on any atom is 0.242 e. The van der Waals surface area contributed by atoms with Crippen molar-refractivity contribution in [2.75, 3.05) is 26.7 Å². The van der Waals surface area contributed by atoms with E-state index < -0.39 is 6.10 Å². The summed E-state index contributed by atoms with van der Waals surface area (Å²) in [5, 5.41) is 9.40. The van der Waals surface area contributed by atoms with Crippen LogP contribution in [-0.2, 0) is 9.59 Å². The summed E-state index contributed by atoms with van der Waals surface area (Å²) >= 11 is 0. The molecule has 0 spiro atoms. The maximum absolute atomic E-state index is 11.7. The van der Waals surface area contributed by atoms with Crippen LogP contribution in [-0.4, -0.2) is 59.5 Å². The molecule has 0 aromatic heterocycles. The Balaban J connectivity index is 2.42. The molecule has 1 saturated heterocycles. The molecule has 0 radical (unpaired) electrons. The summed E-state index contributed by atoms with van der Waals surface area (Å²) in [5.41, 5.74) is 0. The van der Waals surface area contributed by atoms with Crippen molar-refractivity contribution in [3.63, 3.8) is 0 Å². The van der Waals surface area contributed by atoms with Crippen LogP contribution in [0.3, 0.4) is 0 Å². The van der Waals surface area contributed by atoms with Crippen LogP contribution in [0.2, 0.25) is 0 Å². The normalized spacial score (nSPS) is 21.3. The highest BCUT2D eigenvalue weighted by atomic mass is 16.3. The number of aliphatic hydroxyl groups excluding tert-OH is 1. The van der Waals surface area contributed by atoms with Gasteiger partial charge in [0.1, 0.15) is 0 Å². The molecule has 1 aliphatic rings. The number of carbonyl (C=O) groups excluding carboxylic acids is 2. The van der Waals surface area contributed by atoms with Crippen molar-refractivity contribution >= 4 is 11.8 Å². The van der Waals surface area contributed by atoms with E-state index in [9.17, 15) is 14.7 Å². The number of nitrogens with zero attached hydrogens (tertiary/aromatic N) is 2. The van der Waals surface area contributed by atoms with Crippen LogP contribution in [0.15, 0.2) is 0 Å². The van der Waals surface area contributed by atoms with Crippen LogP contribution in [0, 0.1) is 0 Å².